The minimum Gasteiger partial charge on any atom is -0.354 e. The van der Waals surface area contributed by atoms with Gasteiger partial charge in [0, 0.05) is 45.3 Å². The van der Waals surface area contributed by atoms with Crippen LogP contribution in [0.5, 0.6) is 0 Å². The van der Waals surface area contributed by atoms with Crippen LogP contribution in [-0.2, 0) is 6.54 Å². The molecule has 0 aliphatic carbocycles. The summed E-state index contributed by atoms with van der Waals surface area (Å²) < 4.78 is 0. The number of hydrogen-bond donors (Lipinski definition) is 0. The average Bonchev–Trinajstić information content (AvgIpc) is 2.60. The van der Waals surface area contributed by atoms with Crippen LogP contribution in [0.1, 0.15) is 18.3 Å². The predicted octanol–water partition coefficient (Wildman–Crippen LogP) is 2.56. The number of aryl methyl sites for hydroxylation is 1. The minimum atomic E-state index is 0.841. The first-order chi connectivity index (χ1) is 11.7. The molecule has 2 aromatic rings. The number of benzene rings is 1. The van der Waals surface area contributed by atoms with Crippen molar-refractivity contribution in [3.05, 3.63) is 47.8 Å². The lowest BCUT2D eigenvalue weighted by molar-refractivity contribution is 0.312. The Bertz CT molecular complexity index is 650. The van der Waals surface area contributed by atoms with Crippen molar-refractivity contribution >= 4 is 11.6 Å². The molecule has 0 N–H and O–H groups in total. The second kappa shape index (κ2) is 7.62. The van der Waals surface area contributed by atoms with Gasteiger partial charge in [-0.25, -0.2) is 9.97 Å². The van der Waals surface area contributed by atoms with E-state index in [1.165, 1.54) is 5.56 Å². The highest BCUT2D eigenvalue weighted by Crippen LogP contribution is 2.21. The third kappa shape index (κ3) is 4.03. The number of nitrogens with zero attached hydrogens (tertiary/aromatic N) is 5. The normalized spacial score (nSPS) is 15.5. The fourth-order valence-corrected chi connectivity index (χ4v) is 3.05. The van der Waals surface area contributed by atoms with Crippen molar-refractivity contribution in [1.29, 1.82) is 0 Å². The molecule has 1 fully saturated rings. The molecule has 0 radical (unpaired) electrons. The van der Waals surface area contributed by atoms with Crippen molar-refractivity contribution in [2.75, 3.05) is 49.6 Å². The maximum atomic E-state index is 4.69. The molecule has 5 nitrogen and oxygen atoms in total. The molecule has 0 amide bonds. The molecule has 0 saturated carbocycles. The van der Waals surface area contributed by atoms with Gasteiger partial charge in [-0.1, -0.05) is 30.3 Å². The molecule has 1 aliphatic heterocycles. The number of anilines is 2. The van der Waals surface area contributed by atoms with E-state index >= 15 is 0 Å². The maximum Gasteiger partial charge on any atom is 0.134 e. The molecular formula is C19H27N5. The van der Waals surface area contributed by atoms with Gasteiger partial charge in [-0.2, -0.15) is 0 Å². The molecule has 0 bridgehead atoms. The van der Waals surface area contributed by atoms with Crippen LogP contribution in [0, 0.1) is 6.92 Å². The Labute approximate surface area is 144 Å². The van der Waals surface area contributed by atoms with Gasteiger partial charge in [0.15, 0.2) is 0 Å². The summed E-state index contributed by atoms with van der Waals surface area (Å²) in [5.74, 6) is 2.91. The Morgan fingerprint density at radius 2 is 1.75 bits per heavy atom. The van der Waals surface area contributed by atoms with Crippen LogP contribution >= 0.6 is 0 Å². The number of aromatic nitrogens is 2. The molecule has 2 heterocycles. The Kier molecular flexibility index (Phi) is 5.30. The van der Waals surface area contributed by atoms with E-state index in [0.29, 0.717) is 0 Å². The Hall–Kier alpha value is -2.14. The van der Waals surface area contributed by atoms with E-state index in [1.807, 2.05) is 6.92 Å². The number of piperazine rings is 1. The summed E-state index contributed by atoms with van der Waals surface area (Å²) in [5.41, 5.74) is 1.30. The van der Waals surface area contributed by atoms with Gasteiger partial charge in [-0.15, -0.1) is 0 Å². The summed E-state index contributed by atoms with van der Waals surface area (Å²) in [7, 11) is 2.17. The molecule has 1 saturated heterocycles. The van der Waals surface area contributed by atoms with Crippen LogP contribution in [0.15, 0.2) is 36.4 Å². The Morgan fingerprint density at radius 3 is 2.42 bits per heavy atom. The molecular weight excluding hydrogens is 298 g/mol. The van der Waals surface area contributed by atoms with Crippen molar-refractivity contribution in [2.24, 2.45) is 0 Å². The fourth-order valence-electron chi connectivity index (χ4n) is 3.05. The molecule has 0 unspecified atom stereocenters. The second-order valence-electron chi connectivity index (χ2n) is 6.42. The van der Waals surface area contributed by atoms with Crippen LogP contribution in [-0.4, -0.2) is 54.6 Å². The van der Waals surface area contributed by atoms with Crippen LogP contribution in [0.3, 0.4) is 0 Å². The molecule has 24 heavy (non-hydrogen) atoms. The summed E-state index contributed by atoms with van der Waals surface area (Å²) in [6.07, 6.45) is 0. The van der Waals surface area contributed by atoms with Gasteiger partial charge in [0.1, 0.15) is 17.5 Å². The largest absolute Gasteiger partial charge is 0.354 e. The first kappa shape index (κ1) is 16.7. The molecule has 128 valence electrons. The molecule has 1 aromatic heterocycles. The lowest BCUT2D eigenvalue weighted by Gasteiger charge is -2.34. The van der Waals surface area contributed by atoms with Crippen molar-refractivity contribution in [2.45, 2.75) is 20.4 Å². The van der Waals surface area contributed by atoms with Gasteiger partial charge < -0.3 is 14.7 Å². The zero-order valence-corrected chi connectivity index (χ0v) is 14.9. The highest BCUT2D eigenvalue weighted by Gasteiger charge is 2.18. The molecule has 5 heteroatoms. The van der Waals surface area contributed by atoms with Crippen molar-refractivity contribution in [1.82, 2.24) is 14.9 Å². The minimum absolute atomic E-state index is 0.841. The monoisotopic (exact) mass is 325 g/mol. The van der Waals surface area contributed by atoms with E-state index < -0.39 is 0 Å². The Morgan fingerprint density at radius 1 is 1.04 bits per heavy atom. The summed E-state index contributed by atoms with van der Waals surface area (Å²) in [6, 6.07) is 12.7. The third-order valence-corrected chi connectivity index (χ3v) is 4.56. The zero-order chi connectivity index (χ0) is 16.9. The van der Waals surface area contributed by atoms with Gasteiger partial charge in [0.05, 0.1) is 0 Å². The first-order valence-electron chi connectivity index (χ1n) is 8.73. The summed E-state index contributed by atoms with van der Waals surface area (Å²) in [4.78, 5) is 16.4. The number of rotatable bonds is 5. The lowest BCUT2D eigenvalue weighted by atomic mass is 10.2. The van der Waals surface area contributed by atoms with E-state index in [9.17, 15) is 0 Å². The summed E-state index contributed by atoms with van der Waals surface area (Å²) in [6.45, 7) is 10.2. The molecule has 0 spiro atoms. The predicted molar refractivity (Wildman–Crippen MR) is 99.6 cm³/mol. The molecule has 3 rings (SSSR count). The SMILES string of the molecule is CCN(Cc1ccccc1)c1cc(N2CCN(C)CC2)nc(C)n1. The summed E-state index contributed by atoms with van der Waals surface area (Å²) >= 11 is 0. The smallest absolute Gasteiger partial charge is 0.134 e. The quantitative estimate of drug-likeness (QED) is 0.844. The van der Waals surface area contributed by atoms with Crippen LogP contribution in [0.2, 0.25) is 0 Å². The van der Waals surface area contributed by atoms with Gasteiger partial charge in [-0.3, -0.25) is 0 Å². The van der Waals surface area contributed by atoms with E-state index in [0.717, 1.165) is 56.7 Å². The highest BCUT2D eigenvalue weighted by molar-refractivity contribution is 5.51. The summed E-state index contributed by atoms with van der Waals surface area (Å²) in [5, 5.41) is 0. The first-order valence-corrected chi connectivity index (χ1v) is 8.73. The fraction of sp³-hybridized carbons (Fsp3) is 0.474. The van der Waals surface area contributed by atoms with Crippen LogP contribution in [0.25, 0.3) is 0 Å². The maximum absolute atomic E-state index is 4.69. The van der Waals surface area contributed by atoms with Gasteiger partial charge in [0.2, 0.25) is 0 Å². The third-order valence-electron chi connectivity index (χ3n) is 4.56. The number of likely N-dealkylation sites (N-methyl/N-ethyl adjacent to an activating group) is 1. The van der Waals surface area contributed by atoms with Crippen LogP contribution in [0.4, 0.5) is 11.6 Å². The second-order valence-corrected chi connectivity index (χ2v) is 6.42. The van der Waals surface area contributed by atoms with E-state index in [2.05, 4.69) is 75.0 Å². The molecule has 1 aromatic carbocycles. The topological polar surface area (TPSA) is 35.5 Å². The molecule has 1 aliphatic rings. The van der Waals surface area contributed by atoms with Crippen molar-refractivity contribution in [3.8, 4) is 0 Å². The van der Waals surface area contributed by atoms with E-state index in [1.54, 1.807) is 0 Å². The van der Waals surface area contributed by atoms with E-state index in [-0.39, 0.29) is 0 Å². The lowest BCUT2D eigenvalue weighted by Crippen LogP contribution is -2.45. The zero-order valence-electron chi connectivity index (χ0n) is 14.9. The van der Waals surface area contributed by atoms with Gasteiger partial charge in [0.25, 0.3) is 0 Å². The average molecular weight is 325 g/mol. The number of hydrogen-bond acceptors (Lipinski definition) is 5. The van der Waals surface area contributed by atoms with Crippen molar-refractivity contribution < 1.29 is 0 Å². The van der Waals surface area contributed by atoms with Crippen molar-refractivity contribution in [3.63, 3.8) is 0 Å². The Balaban J connectivity index is 1.81. The van der Waals surface area contributed by atoms with Gasteiger partial charge >= 0.3 is 0 Å². The van der Waals surface area contributed by atoms with E-state index in [4.69, 9.17) is 0 Å². The molecule has 0 atom stereocenters. The highest BCUT2D eigenvalue weighted by atomic mass is 15.3. The standard InChI is InChI=1S/C19H27N5/c1-4-23(15-17-8-6-5-7-9-17)18-14-19(21-16(2)20-18)24-12-10-22(3)11-13-24/h5-9,14H,4,10-13,15H2,1-3H3. The van der Waals surface area contributed by atoms with Crippen LogP contribution < -0.4 is 9.80 Å². The van der Waals surface area contributed by atoms with Gasteiger partial charge in [-0.05, 0) is 26.5 Å².